The van der Waals surface area contributed by atoms with Crippen LogP contribution < -0.4 is 16.6 Å². The van der Waals surface area contributed by atoms with Gasteiger partial charge < -0.3 is 41.0 Å². The van der Waals surface area contributed by atoms with Gasteiger partial charge in [0.2, 0.25) is 11.9 Å². The van der Waals surface area contributed by atoms with Gasteiger partial charge in [-0.15, -0.1) is 0 Å². The van der Waals surface area contributed by atoms with Crippen LogP contribution in [0.5, 0.6) is 0 Å². The molecule has 170 valence electrons. The minimum absolute atomic E-state index is 0.00462. The lowest BCUT2D eigenvalue weighted by atomic mass is 9.96. The SMILES string of the molecule is CC(=O)N[C@H]1[C@H](O[C@@H](C)[C@H](O)c2cnc3nc(N)[nH]c(=O)c3n2)O[C@H](CO)[C@@H](O)[C@@H]1O. The second-order valence-electron chi connectivity index (χ2n) is 7.14. The summed E-state index contributed by atoms with van der Waals surface area (Å²) in [6.07, 6.45) is -6.70. The molecule has 3 rings (SSSR count). The Kier molecular flexibility index (Phi) is 6.78. The Morgan fingerprint density at radius 3 is 2.74 bits per heavy atom. The highest BCUT2D eigenvalue weighted by Crippen LogP contribution is 2.26. The predicted octanol–water partition coefficient (Wildman–Crippen LogP) is -3.32. The fourth-order valence-corrected chi connectivity index (χ4v) is 3.20. The molecule has 1 amide bonds. The van der Waals surface area contributed by atoms with E-state index in [-0.39, 0.29) is 22.8 Å². The maximum Gasteiger partial charge on any atom is 0.280 e. The predicted molar refractivity (Wildman–Crippen MR) is 103 cm³/mol. The van der Waals surface area contributed by atoms with Crippen molar-refractivity contribution in [1.29, 1.82) is 0 Å². The Balaban J connectivity index is 1.82. The van der Waals surface area contributed by atoms with E-state index in [1.807, 2.05) is 0 Å². The quantitative estimate of drug-likeness (QED) is 0.234. The van der Waals surface area contributed by atoms with Gasteiger partial charge in [-0.25, -0.2) is 9.97 Å². The van der Waals surface area contributed by atoms with E-state index in [4.69, 9.17) is 15.2 Å². The lowest BCUT2D eigenvalue weighted by molar-refractivity contribution is -0.287. The molecule has 0 aromatic carbocycles. The van der Waals surface area contributed by atoms with Crippen LogP contribution in [-0.2, 0) is 14.3 Å². The number of aliphatic hydroxyl groups is 4. The average Bonchev–Trinajstić information content (AvgIpc) is 2.72. The largest absolute Gasteiger partial charge is 0.394 e. The van der Waals surface area contributed by atoms with Crippen molar-refractivity contribution in [2.75, 3.05) is 12.3 Å². The molecule has 1 aliphatic heterocycles. The number of nitrogens with two attached hydrogens (primary N) is 1. The van der Waals surface area contributed by atoms with Crippen molar-refractivity contribution in [1.82, 2.24) is 25.3 Å². The van der Waals surface area contributed by atoms with Crippen molar-refractivity contribution in [3.8, 4) is 0 Å². The summed E-state index contributed by atoms with van der Waals surface area (Å²) in [6.45, 7) is 2.05. The molecule has 2 aromatic heterocycles. The van der Waals surface area contributed by atoms with Crippen LogP contribution in [0.15, 0.2) is 11.0 Å². The van der Waals surface area contributed by atoms with Crippen LogP contribution >= 0.6 is 0 Å². The smallest absolute Gasteiger partial charge is 0.280 e. The zero-order chi connectivity index (χ0) is 22.9. The van der Waals surface area contributed by atoms with Gasteiger partial charge in [-0.2, -0.15) is 4.98 Å². The molecule has 2 aromatic rings. The first-order valence-electron chi connectivity index (χ1n) is 9.38. The molecular formula is C17H24N6O8. The molecule has 14 nitrogen and oxygen atoms in total. The van der Waals surface area contributed by atoms with Gasteiger partial charge in [-0.05, 0) is 6.92 Å². The molecule has 1 aliphatic rings. The van der Waals surface area contributed by atoms with Crippen LogP contribution in [0.3, 0.4) is 0 Å². The first-order chi connectivity index (χ1) is 14.6. The molecule has 1 fully saturated rings. The van der Waals surface area contributed by atoms with E-state index >= 15 is 0 Å². The number of carbonyl (C=O) groups excluding carboxylic acids is 1. The number of amides is 1. The number of carbonyl (C=O) groups is 1. The highest BCUT2D eigenvalue weighted by Gasteiger charge is 2.46. The summed E-state index contributed by atoms with van der Waals surface area (Å²) in [5.74, 6) is -0.648. The summed E-state index contributed by atoms with van der Waals surface area (Å²) in [6, 6.07) is -1.18. The number of ether oxygens (including phenoxy) is 2. The van der Waals surface area contributed by atoms with Gasteiger partial charge in [0, 0.05) is 6.92 Å². The molecule has 8 N–H and O–H groups in total. The fourth-order valence-electron chi connectivity index (χ4n) is 3.20. The van der Waals surface area contributed by atoms with Gasteiger partial charge in [-0.3, -0.25) is 14.6 Å². The molecule has 0 bridgehead atoms. The van der Waals surface area contributed by atoms with Crippen molar-refractivity contribution in [2.24, 2.45) is 0 Å². The molecule has 0 saturated carbocycles. The topological polar surface area (TPSA) is 226 Å². The number of rotatable bonds is 6. The first-order valence-corrected chi connectivity index (χ1v) is 9.38. The number of aliphatic hydroxyl groups excluding tert-OH is 4. The van der Waals surface area contributed by atoms with Crippen molar-refractivity contribution in [3.63, 3.8) is 0 Å². The minimum atomic E-state index is -1.50. The first kappa shape index (κ1) is 22.9. The normalized spacial score (nSPS) is 28.3. The molecule has 7 atom stereocenters. The third-order valence-electron chi connectivity index (χ3n) is 4.80. The number of aromatic nitrogens is 4. The monoisotopic (exact) mass is 440 g/mol. The van der Waals surface area contributed by atoms with E-state index in [9.17, 15) is 30.0 Å². The number of nitrogen functional groups attached to an aromatic ring is 1. The van der Waals surface area contributed by atoms with Crippen LogP contribution in [0.2, 0.25) is 0 Å². The summed E-state index contributed by atoms with van der Waals surface area (Å²) < 4.78 is 11.1. The number of nitrogens with zero attached hydrogens (tertiary/aromatic N) is 3. The van der Waals surface area contributed by atoms with Crippen LogP contribution in [0, 0.1) is 0 Å². The average molecular weight is 440 g/mol. The maximum atomic E-state index is 12.0. The van der Waals surface area contributed by atoms with Crippen LogP contribution in [-0.4, -0.2) is 89.6 Å². The van der Waals surface area contributed by atoms with E-state index in [1.165, 1.54) is 20.0 Å². The number of aromatic amines is 1. The summed E-state index contributed by atoms with van der Waals surface area (Å²) >= 11 is 0. The summed E-state index contributed by atoms with van der Waals surface area (Å²) in [5, 5.41) is 42.8. The number of hydrogen-bond acceptors (Lipinski definition) is 12. The lowest BCUT2D eigenvalue weighted by Crippen LogP contribution is -2.65. The number of hydrogen-bond donors (Lipinski definition) is 7. The van der Waals surface area contributed by atoms with E-state index in [0.29, 0.717) is 0 Å². The molecule has 14 heteroatoms. The number of nitrogens with one attached hydrogen (secondary N) is 2. The van der Waals surface area contributed by atoms with Gasteiger partial charge >= 0.3 is 0 Å². The van der Waals surface area contributed by atoms with Crippen molar-refractivity contribution in [2.45, 2.75) is 56.7 Å². The Bertz CT molecular complexity index is 1000. The standard InChI is InChI=1S/C17H24N6O8/c1-5(11(26)7-3-19-14-10(21-7)15(29)23-17(18)22-14)30-16-9(20-6(2)25)13(28)12(27)8(4-24)31-16/h3,5,8-9,11-13,16,24,26-28H,4H2,1-2H3,(H,20,25)(H3,18,19,22,23,29)/t5-,8+,9+,11-,12+,13+,16+/m0/s1. The molecule has 0 spiro atoms. The van der Waals surface area contributed by atoms with Crippen LogP contribution in [0.1, 0.15) is 25.6 Å². The lowest BCUT2D eigenvalue weighted by Gasteiger charge is -2.43. The van der Waals surface area contributed by atoms with E-state index in [1.54, 1.807) is 0 Å². The Hall–Kier alpha value is -2.75. The Morgan fingerprint density at radius 1 is 1.39 bits per heavy atom. The third kappa shape index (κ3) is 4.79. The number of anilines is 1. The second kappa shape index (κ2) is 9.17. The Labute approximate surface area is 175 Å². The van der Waals surface area contributed by atoms with Gasteiger partial charge in [0.25, 0.3) is 5.56 Å². The van der Waals surface area contributed by atoms with Crippen LogP contribution in [0.25, 0.3) is 11.2 Å². The molecule has 0 radical (unpaired) electrons. The highest BCUT2D eigenvalue weighted by atomic mass is 16.7. The zero-order valence-electron chi connectivity index (χ0n) is 16.7. The third-order valence-corrected chi connectivity index (χ3v) is 4.80. The highest BCUT2D eigenvalue weighted by molar-refractivity contribution is 5.73. The Morgan fingerprint density at radius 2 is 2.10 bits per heavy atom. The number of H-pyrrole nitrogens is 1. The zero-order valence-corrected chi connectivity index (χ0v) is 16.7. The van der Waals surface area contributed by atoms with Gasteiger partial charge in [0.1, 0.15) is 30.5 Å². The molecule has 0 unspecified atom stereocenters. The van der Waals surface area contributed by atoms with Crippen molar-refractivity contribution in [3.05, 3.63) is 22.2 Å². The van der Waals surface area contributed by atoms with Gasteiger partial charge in [0.15, 0.2) is 17.5 Å². The molecule has 31 heavy (non-hydrogen) atoms. The molecule has 3 heterocycles. The second-order valence-corrected chi connectivity index (χ2v) is 7.14. The maximum absolute atomic E-state index is 12.0. The minimum Gasteiger partial charge on any atom is -0.394 e. The molecule has 0 aliphatic carbocycles. The molecular weight excluding hydrogens is 416 g/mol. The van der Waals surface area contributed by atoms with Gasteiger partial charge in [-0.1, -0.05) is 0 Å². The van der Waals surface area contributed by atoms with Crippen LogP contribution in [0.4, 0.5) is 5.95 Å². The fraction of sp³-hybridized carbons (Fsp3) is 0.588. The van der Waals surface area contributed by atoms with Crippen molar-refractivity contribution >= 4 is 23.0 Å². The summed E-state index contributed by atoms with van der Waals surface area (Å²) in [5.41, 5.74) is 4.67. The summed E-state index contributed by atoms with van der Waals surface area (Å²) in [4.78, 5) is 37.7. The summed E-state index contributed by atoms with van der Waals surface area (Å²) in [7, 11) is 0. The molecule has 1 saturated heterocycles. The van der Waals surface area contributed by atoms with E-state index in [2.05, 4.69) is 25.3 Å². The van der Waals surface area contributed by atoms with Gasteiger partial charge in [0.05, 0.1) is 24.6 Å². The van der Waals surface area contributed by atoms with E-state index in [0.717, 1.165) is 0 Å². The number of fused-ring (bicyclic) bond motifs is 1. The van der Waals surface area contributed by atoms with E-state index < -0.39 is 60.9 Å². The van der Waals surface area contributed by atoms with Crippen molar-refractivity contribution < 1.29 is 34.7 Å².